The molecule has 0 saturated carbocycles. The van der Waals surface area contributed by atoms with Gasteiger partial charge in [0, 0.05) is 13.1 Å². The van der Waals surface area contributed by atoms with Crippen LogP contribution in [0.2, 0.25) is 0 Å². The van der Waals surface area contributed by atoms with E-state index in [1.54, 1.807) is 0 Å². The zero-order valence-corrected chi connectivity index (χ0v) is 10.4. The molecular formula is C16H18N2. The Balaban J connectivity index is 2.08. The average Bonchev–Trinajstić information content (AvgIpc) is 2.40. The molecule has 0 spiro atoms. The van der Waals surface area contributed by atoms with E-state index >= 15 is 0 Å². The first-order chi connectivity index (χ1) is 8.75. The summed E-state index contributed by atoms with van der Waals surface area (Å²) in [6, 6.07) is 20.6. The lowest BCUT2D eigenvalue weighted by Crippen LogP contribution is -2.26. The van der Waals surface area contributed by atoms with Gasteiger partial charge in [-0.3, -0.25) is 0 Å². The highest BCUT2D eigenvalue weighted by Crippen LogP contribution is 2.11. The summed E-state index contributed by atoms with van der Waals surface area (Å²) in [4.78, 5) is 2.07. The maximum absolute atomic E-state index is 5.86. The van der Waals surface area contributed by atoms with Crippen molar-refractivity contribution in [1.29, 1.82) is 0 Å². The second-order valence-electron chi connectivity index (χ2n) is 4.32. The molecule has 2 heteroatoms. The van der Waals surface area contributed by atoms with Gasteiger partial charge in [-0.1, -0.05) is 67.2 Å². The minimum atomic E-state index is 0.600. The summed E-state index contributed by atoms with van der Waals surface area (Å²) >= 11 is 0. The van der Waals surface area contributed by atoms with E-state index in [2.05, 4.69) is 35.7 Å². The van der Waals surface area contributed by atoms with Crippen LogP contribution < -0.4 is 5.73 Å². The fraction of sp³-hybridized carbons (Fsp3) is 0.125. The van der Waals surface area contributed by atoms with Gasteiger partial charge in [0.15, 0.2) is 0 Å². The second kappa shape index (κ2) is 5.92. The molecule has 92 valence electrons. The van der Waals surface area contributed by atoms with Gasteiger partial charge < -0.3 is 10.6 Å². The van der Waals surface area contributed by atoms with Crippen molar-refractivity contribution in [2.45, 2.75) is 13.1 Å². The lowest BCUT2D eigenvalue weighted by atomic mass is 10.2. The van der Waals surface area contributed by atoms with Crippen molar-refractivity contribution in [3.05, 3.63) is 84.2 Å². The standard InChI is InChI=1S/C16H18N2/c1-14(17)18(12-15-8-4-2-5-9-15)13-16-10-6-3-7-11-16/h2-11H,1,12-13,17H2. The highest BCUT2D eigenvalue weighted by Gasteiger charge is 2.06. The normalized spacial score (nSPS) is 10.0. The Morgan fingerprint density at radius 3 is 1.56 bits per heavy atom. The number of rotatable bonds is 5. The molecule has 0 saturated heterocycles. The molecule has 2 N–H and O–H groups in total. The minimum absolute atomic E-state index is 0.600. The molecular weight excluding hydrogens is 220 g/mol. The first-order valence-electron chi connectivity index (χ1n) is 6.03. The number of nitrogens with zero attached hydrogens (tertiary/aromatic N) is 1. The topological polar surface area (TPSA) is 29.3 Å². The monoisotopic (exact) mass is 238 g/mol. The zero-order valence-electron chi connectivity index (χ0n) is 10.4. The van der Waals surface area contributed by atoms with Crippen LogP contribution in [0.1, 0.15) is 11.1 Å². The van der Waals surface area contributed by atoms with Gasteiger partial charge in [0.2, 0.25) is 0 Å². The Morgan fingerprint density at radius 2 is 1.22 bits per heavy atom. The predicted octanol–water partition coefficient (Wildman–Crippen LogP) is 3.12. The molecule has 2 aromatic rings. The van der Waals surface area contributed by atoms with E-state index in [-0.39, 0.29) is 0 Å². The summed E-state index contributed by atoms with van der Waals surface area (Å²) in [5, 5.41) is 0. The van der Waals surface area contributed by atoms with Crippen molar-refractivity contribution in [3.63, 3.8) is 0 Å². The Bertz CT molecular complexity index is 450. The van der Waals surface area contributed by atoms with Crippen LogP contribution in [-0.4, -0.2) is 4.90 Å². The van der Waals surface area contributed by atoms with E-state index in [0.717, 1.165) is 13.1 Å². The molecule has 0 unspecified atom stereocenters. The van der Waals surface area contributed by atoms with Gasteiger partial charge in [-0.15, -0.1) is 0 Å². The summed E-state index contributed by atoms with van der Waals surface area (Å²) in [7, 11) is 0. The van der Waals surface area contributed by atoms with E-state index < -0.39 is 0 Å². The van der Waals surface area contributed by atoms with Crippen molar-refractivity contribution in [3.8, 4) is 0 Å². The molecule has 0 bridgehead atoms. The van der Waals surface area contributed by atoms with Gasteiger partial charge in [-0.05, 0) is 11.1 Å². The maximum Gasteiger partial charge on any atom is 0.0918 e. The number of nitrogens with two attached hydrogens (primary N) is 1. The van der Waals surface area contributed by atoms with Crippen molar-refractivity contribution in [2.75, 3.05) is 0 Å². The third-order valence-electron chi connectivity index (χ3n) is 2.84. The lowest BCUT2D eigenvalue weighted by molar-refractivity contribution is 0.326. The molecule has 0 heterocycles. The largest absolute Gasteiger partial charge is 0.386 e. The smallest absolute Gasteiger partial charge is 0.0918 e. The molecule has 18 heavy (non-hydrogen) atoms. The molecule has 2 nitrogen and oxygen atoms in total. The highest BCUT2D eigenvalue weighted by molar-refractivity contribution is 5.18. The Labute approximate surface area is 108 Å². The van der Waals surface area contributed by atoms with Crippen LogP contribution in [0.5, 0.6) is 0 Å². The van der Waals surface area contributed by atoms with Crippen LogP contribution in [-0.2, 0) is 13.1 Å². The average molecular weight is 238 g/mol. The van der Waals surface area contributed by atoms with Crippen LogP contribution in [0.4, 0.5) is 0 Å². The van der Waals surface area contributed by atoms with Crippen molar-refractivity contribution >= 4 is 0 Å². The first-order valence-corrected chi connectivity index (χ1v) is 6.03. The van der Waals surface area contributed by atoms with E-state index in [1.165, 1.54) is 11.1 Å². The number of hydrogen-bond acceptors (Lipinski definition) is 2. The van der Waals surface area contributed by atoms with Crippen LogP contribution in [0, 0.1) is 0 Å². The second-order valence-corrected chi connectivity index (χ2v) is 4.32. The summed E-state index contributed by atoms with van der Waals surface area (Å²) in [5.74, 6) is 0.600. The van der Waals surface area contributed by atoms with E-state index in [0.29, 0.717) is 5.82 Å². The van der Waals surface area contributed by atoms with Crippen LogP contribution in [0.3, 0.4) is 0 Å². The first kappa shape index (κ1) is 12.2. The third kappa shape index (κ3) is 3.39. The van der Waals surface area contributed by atoms with Gasteiger partial charge in [0.25, 0.3) is 0 Å². The van der Waals surface area contributed by atoms with E-state index in [4.69, 9.17) is 5.73 Å². The van der Waals surface area contributed by atoms with Crippen LogP contribution in [0.15, 0.2) is 73.1 Å². The maximum atomic E-state index is 5.86. The van der Waals surface area contributed by atoms with Gasteiger partial charge in [0.05, 0.1) is 5.82 Å². The third-order valence-corrected chi connectivity index (χ3v) is 2.84. The quantitative estimate of drug-likeness (QED) is 0.867. The van der Waals surface area contributed by atoms with Crippen molar-refractivity contribution in [1.82, 2.24) is 4.90 Å². The summed E-state index contributed by atoms with van der Waals surface area (Å²) < 4.78 is 0. The lowest BCUT2D eigenvalue weighted by Gasteiger charge is -2.24. The molecule has 2 aromatic carbocycles. The number of benzene rings is 2. The van der Waals surface area contributed by atoms with Crippen LogP contribution >= 0.6 is 0 Å². The molecule has 0 radical (unpaired) electrons. The van der Waals surface area contributed by atoms with E-state index in [1.807, 2.05) is 36.4 Å². The van der Waals surface area contributed by atoms with Crippen LogP contribution in [0.25, 0.3) is 0 Å². The van der Waals surface area contributed by atoms with Crippen molar-refractivity contribution in [2.24, 2.45) is 5.73 Å². The fourth-order valence-electron chi connectivity index (χ4n) is 1.87. The van der Waals surface area contributed by atoms with Crippen molar-refractivity contribution < 1.29 is 0 Å². The summed E-state index contributed by atoms with van der Waals surface area (Å²) in [6.07, 6.45) is 0. The predicted molar refractivity (Wildman–Crippen MR) is 75.5 cm³/mol. The Kier molecular flexibility index (Phi) is 4.02. The molecule has 0 atom stereocenters. The Hall–Kier alpha value is -2.22. The molecule has 0 fully saturated rings. The Morgan fingerprint density at radius 1 is 0.833 bits per heavy atom. The highest BCUT2D eigenvalue weighted by atomic mass is 15.2. The van der Waals surface area contributed by atoms with Gasteiger partial charge in [-0.25, -0.2) is 0 Å². The fourth-order valence-corrected chi connectivity index (χ4v) is 1.87. The summed E-state index contributed by atoms with van der Waals surface area (Å²) in [6.45, 7) is 5.42. The van der Waals surface area contributed by atoms with Gasteiger partial charge >= 0.3 is 0 Å². The molecule has 0 aliphatic rings. The van der Waals surface area contributed by atoms with Gasteiger partial charge in [0.1, 0.15) is 0 Å². The summed E-state index contributed by atoms with van der Waals surface area (Å²) in [5.41, 5.74) is 8.34. The molecule has 0 amide bonds. The SMILES string of the molecule is C=C(N)N(Cc1ccccc1)Cc1ccccc1. The zero-order chi connectivity index (χ0) is 12.8. The molecule has 0 aliphatic heterocycles. The number of hydrogen-bond donors (Lipinski definition) is 1. The minimum Gasteiger partial charge on any atom is -0.386 e. The molecule has 0 aromatic heterocycles. The molecule has 2 rings (SSSR count). The molecule has 0 aliphatic carbocycles. The van der Waals surface area contributed by atoms with E-state index in [9.17, 15) is 0 Å². The van der Waals surface area contributed by atoms with Gasteiger partial charge in [-0.2, -0.15) is 0 Å².